The van der Waals surface area contributed by atoms with E-state index in [2.05, 4.69) is 15.6 Å². The number of halogens is 3. The lowest BCUT2D eigenvalue weighted by molar-refractivity contribution is -0.101. The number of allylic oxidation sites excluding steroid dienone is 2. The van der Waals surface area contributed by atoms with Gasteiger partial charge in [-0.1, -0.05) is 26.0 Å². The third-order valence-corrected chi connectivity index (χ3v) is 5.85. The zero-order valence-electron chi connectivity index (χ0n) is 16.5. The van der Waals surface area contributed by atoms with Crippen LogP contribution in [0.2, 0.25) is 0 Å². The van der Waals surface area contributed by atoms with Gasteiger partial charge in [0.2, 0.25) is 0 Å². The first kappa shape index (κ1) is 21.6. The van der Waals surface area contributed by atoms with Gasteiger partial charge in [0, 0.05) is 47.0 Å². The maximum atomic E-state index is 13.1. The number of hydrogen-bond donors (Lipinski definition) is 2. The second-order valence-electron chi connectivity index (χ2n) is 7.37. The number of alkyl halides is 3. The van der Waals surface area contributed by atoms with Gasteiger partial charge >= 0.3 is 6.18 Å². The summed E-state index contributed by atoms with van der Waals surface area (Å²) in [5.41, 5.74) is 1.08. The van der Waals surface area contributed by atoms with Gasteiger partial charge in [-0.05, 0) is 35.8 Å². The van der Waals surface area contributed by atoms with E-state index in [0.717, 1.165) is 22.2 Å². The second kappa shape index (κ2) is 8.71. The Kier molecular flexibility index (Phi) is 6.48. The van der Waals surface area contributed by atoms with E-state index in [9.17, 15) is 17.4 Å². The Hall–Kier alpha value is -2.13. The average molecular weight is 427 g/mol. The molecule has 0 radical (unpaired) electrons. The van der Waals surface area contributed by atoms with Crippen LogP contribution in [0, 0.1) is 5.92 Å². The van der Waals surface area contributed by atoms with Crippen LogP contribution >= 0.6 is 0 Å². The molecule has 3 rings (SSSR count). The van der Waals surface area contributed by atoms with Gasteiger partial charge in [-0.3, -0.25) is 14.1 Å². The van der Waals surface area contributed by atoms with Crippen LogP contribution in [-0.4, -0.2) is 53.2 Å². The molecule has 0 saturated carbocycles. The second-order valence-corrected chi connectivity index (χ2v) is 8.75. The number of rotatable bonds is 4. The van der Waals surface area contributed by atoms with E-state index in [1.807, 2.05) is 49.1 Å². The molecule has 2 N–H and O–H groups in total. The quantitative estimate of drug-likeness (QED) is 0.777. The standard InChI is InChI=1S/C20H25F3N4OS/c1-13(2)18-16(12-14-4-6-15(7-5-14)29(3)28)24-10-11-27(18)19-25-9-8-17(26-19)20(21,22)23/h4-9,12-13,18-19,24,26H,10-11H2,1-3H3/b16-12-/t18-,19?,29?/m1/s1. The molecule has 2 unspecified atom stereocenters. The summed E-state index contributed by atoms with van der Waals surface area (Å²) in [6.07, 6.45) is 0.581. The number of nitrogens with one attached hydrogen (secondary N) is 2. The molecule has 0 aliphatic carbocycles. The maximum absolute atomic E-state index is 13.1. The molecule has 2 aliphatic heterocycles. The fourth-order valence-corrected chi connectivity index (χ4v) is 4.13. The van der Waals surface area contributed by atoms with E-state index in [1.165, 1.54) is 6.21 Å². The summed E-state index contributed by atoms with van der Waals surface area (Å²) in [6, 6.07) is 7.29. The van der Waals surface area contributed by atoms with Crippen LogP contribution in [0.25, 0.3) is 6.08 Å². The third-order valence-electron chi connectivity index (χ3n) is 4.91. The molecule has 2 aliphatic rings. The van der Waals surface area contributed by atoms with E-state index >= 15 is 0 Å². The van der Waals surface area contributed by atoms with Gasteiger partial charge in [0.05, 0.1) is 6.04 Å². The van der Waals surface area contributed by atoms with Gasteiger partial charge in [0.25, 0.3) is 0 Å². The lowest BCUT2D eigenvalue weighted by Gasteiger charge is -2.44. The van der Waals surface area contributed by atoms with Gasteiger partial charge in [-0.2, -0.15) is 13.2 Å². The average Bonchev–Trinajstić information content (AvgIpc) is 2.67. The first-order chi connectivity index (χ1) is 13.7. The van der Waals surface area contributed by atoms with Crippen molar-refractivity contribution in [3.05, 3.63) is 47.3 Å². The monoisotopic (exact) mass is 426 g/mol. The molecule has 0 bridgehead atoms. The minimum atomic E-state index is -4.44. The molecule has 0 aromatic heterocycles. The molecule has 0 spiro atoms. The van der Waals surface area contributed by atoms with Crippen molar-refractivity contribution in [3.8, 4) is 0 Å². The number of benzene rings is 1. The molecule has 9 heteroatoms. The Morgan fingerprint density at radius 2 is 1.97 bits per heavy atom. The van der Waals surface area contributed by atoms with Crippen molar-refractivity contribution >= 4 is 23.1 Å². The molecule has 1 saturated heterocycles. The maximum Gasteiger partial charge on any atom is 0.431 e. The SMILES string of the molecule is CC(C)[C@@H]1/C(=C/c2ccc(S(C)=O)cc2)NCCN1C1N=CC=C(C(F)(F)F)N1. The van der Waals surface area contributed by atoms with Crippen LogP contribution in [0.1, 0.15) is 19.4 Å². The highest BCUT2D eigenvalue weighted by molar-refractivity contribution is 7.84. The number of hydrogen-bond acceptors (Lipinski definition) is 5. The lowest BCUT2D eigenvalue weighted by atomic mass is 9.95. The molecule has 1 aromatic carbocycles. The smallest absolute Gasteiger partial charge is 0.386 e. The molecule has 0 amide bonds. The zero-order valence-corrected chi connectivity index (χ0v) is 17.3. The van der Waals surface area contributed by atoms with E-state index < -0.39 is 29.0 Å². The fraction of sp³-hybridized carbons (Fsp3) is 0.450. The van der Waals surface area contributed by atoms with Crippen LogP contribution < -0.4 is 10.6 Å². The van der Waals surface area contributed by atoms with E-state index in [4.69, 9.17) is 0 Å². The molecule has 5 nitrogen and oxygen atoms in total. The van der Waals surface area contributed by atoms with E-state index in [1.54, 1.807) is 6.26 Å². The molecule has 158 valence electrons. The summed E-state index contributed by atoms with van der Waals surface area (Å²) in [4.78, 5) is 6.95. The zero-order chi connectivity index (χ0) is 21.2. The fourth-order valence-electron chi connectivity index (χ4n) is 3.61. The molecule has 1 aromatic rings. The molecular formula is C20H25F3N4OS. The lowest BCUT2D eigenvalue weighted by Crippen LogP contribution is -2.59. The molecular weight excluding hydrogens is 401 g/mol. The van der Waals surface area contributed by atoms with Crippen molar-refractivity contribution in [1.29, 1.82) is 0 Å². The van der Waals surface area contributed by atoms with Crippen molar-refractivity contribution in [2.24, 2.45) is 10.9 Å². The largest absolute Gasteiger partial charge is 0.431 e. The molecule has 1 fully saturated rings. The molecule has 29 heavy (non-hydrogen) atoms. The normalized spacial score (nSPS) is 25.5. The van der Waals surface area contributed by atoms with Crippen LogP contribution in [0.5, 0.6) is 0 Å². The summed E-state index contributed by atoms with van der Waals surface area (Å²) in [5.74, 6) is 0.147. The van der Waals surface area contributed by atoms with Crippen LogP contribution in [0.15, 0.2) is 51.6 Å². The summed E-state index contributed by atoms with van der Waals surface area (Å²) in [7, 11) is -1.04. The van der Waals surface area contributed by atoms with Crippen molar-refractivity contribution in [2.75, 3.05) is 19.3 Å². The predicted octanol–water partition coefficient (Wildman–Crippen LogP) is 3.10. The minimum Gasteiger partial charge on any atom is -0.386 e. The van der Waals surface area contributed by atoms with Crippen molar-refractivity contribution < 1.29 is 17.4 Å². The molecule has 3 atom stereocenters. The summed E-state index contributed by atoms with van der Waals surface area (Å²) >= 11 is 0. The predicted molar refractivity (Wildman–Crippen MR) is 110 cm³/mol. The Morgan fingerprint density at radius 1 is 1.28 bits per heavy atom. The van der Waals surface area contributed by atoms with Gasteiger partial charge in [0.1, 0.15) is 5.70 Å². The molecule has 2 heterocycles. The highest BCUT2D eigenvalue weighted by Gasteiger charge is 2.40. The summed E-state index contributed by atoms with van der Waals surface area (Å²) in [6.45, 7) is 5.24. The van der Waals surface area contributed by atoms with Crippen molar-refractivity contribution in [1.82, 2.24) is 15.5 Å². The Morgan fingerprint density at radius 3 is 2.55 bits per heavy atom. The van der Waals surface area contributed by atoms with Crippen molar-refractivity contribution in [2.45, 2.75) is 37.3 Å². The Bertz CT molecular complexity index is 846. The number of nitrogens with zero attached hydrogens (tertiary/aromatic N) is 2. The topological polar surface area (TPSA) is 56.7 Å². The first-order valence-corrected chi connectivity index (χ1v) is 10.9. The van der Waals surface area contributed by atoms with Gasteiger partial charge < -0.3 is 10.6 Å². The number of aliphatic imine (C=N–C) groups is 1. The highest BCUT2D eigenvalue weighted by Crippen LogP contribution is 2.29. The van der Waals surface area contributed by atoms with Crippen LogP contribution in [-0.2, 0) is 10.8 Å². The van der Waals surface area contributed by atoms with E-state index in [-0.39, 0.29) is 12.0 Å². The van der Waals surface area contributed by atoms with Crippen molar-refractivity contribution in [3.63, 3.8) is 0 Å². The minimum absolute atomic E-state index is 0.133. The number of piperazine rings is 1. The van der Waals surface area contributed by atoms with E-state index in [0.29, 0.717) is 13.1 Å². The third kappa shape index (κ3) is 5.08. The Labute approximate surface area is 171 Å². The first-order valence-electron chi connectivity index (χ1n) is 9.38. The highest BCUT2D eigenvalue weighted by atomic mass is 32.2. The summed E-state index contributed by atoms with van der Waals surface area (Å²) < 4.78 is 51.0. The van der Waals surface area contributed by atoms with Gasteiger partial charge in [-0.25, -0.2) is 0 Å². The summed E-state index contributed by atoms with van der Waals surface area (Å²) in [5, 5.41) is 5.92. The van der Waals surface area contributed by atoms with Gasteiger partial charge in [0.15, 0.2) is 6.29 Å². The van der Waals surface area contributed by atoms with Gasteiger partial charge in [-0.15, -0.1) is 0 Å². The van der Waals surface area contributed by atoms with Crippen LogP contribution in [0.3, 0.4) is 0 Å². The van der Waals surface area contributed by atoms with Crippen LogP contribution in [0.4, 0.5) is 13.2 Å². The Balaban J connectivity index is 1.86.